The molecule has 1 aromatic heterocycles. The Morgan fingerprint density at radius 1 is 1.30 bits per heavy atom. The summed E-state index contributed by atoms with van der Waals surface area (Å²) in [7, 11) is 2.14. The fraction of sp³-hybridized carbons (Fsp3) is 0.706. The van der Waals surface area contributed by atoms with E-state index in [0.29, 0.717) is 0 Å². The highest BCUT2D eigenvalue weighted by Crippen LogP contribution is 2.43. The maximum absolute atomic E-state index is 5.91. The minimum absolute atomic E-state index is 0.788. The van der Waals surface area contributed by atoms with Gasteiger partial charge in [-0.25, -0.2) is 9.55 Å². The van der Waals surface area contributed by atoms with Crippen LogP contribution in [0.15, 0.2) is 12.2 Å². The Hall–Kier alpha value is -1.09. The number of nitrogens with one attached hydrogen (secondary N) is 1. The topological polar surface area (TPSA) is 28.9 Å². The van der Waals surface area contributed by atoms with Gasteiger partial charge >= 0.3 is 0 Å². The van der Waals surface area contributed by atoms with E-state index in [0.717, 1.165) is 43.8 Å². The number of nitrogens with zero attached hydrogens (tertiary/aromatic N) is 1. The average molecular weight is 275 g/mol. The van der Waals surface area contributed by atoms with E-state index < -0.39 is 0 Å². The van der Waals surface area contributed by atoms with Crippen LogP contribution in [0.4, 0.5) is 0 Å². The van der Waals surface area contributed by atoms with Crippen molar-refractivity contribution in [1.82, 2.24) is 4.98 Å². The highest BCUT2D eigenvalue weighted by molar-refractivity contribution is 5.10. The maximum Gasteiger partial charge on any atom is 0.254 e. The summed E-state index contributed by atoms with van der Waals surface area (Å²) in [5.41, 5.74) is 2.60. The molecule has 3 atom stereocenters. The summed E-state index contributed by atoms with van der Waals surface area (Å²) in [5, 5.41) is 0. The second-order valence-corrected chi connectivity index (χ2v) is 6.56. The van der Waals surface area contributed by atoms with E-state index in [9.17, 15) is 0 Å². The van der Waals surface area contributed by atoms with Gasteiger partial charge in [0.1, 0.15) is 11.4 Å². The maximum atomic E-state index is 5.91. The first-order chi connectivity index (χ1) is 9.65. The molecule has 0 spiro atoms. The molecule has 0 aromatic carbocycles. The fourth-order valence-electron chi connectivity index (χ4n) is 3.74. The van der Waals surface area contributed by atoms with Crippen molar-refractivity contribution in [3.63, 3.8) is 0 Å². The van der Waals surface area contributed by atoms with Crippen LogP contribution in [0, 0.1) is 31.6 Å². The summed E-state index contributed by atoms with van der Waals surface area (Å²) in [4.78, 5) is 3.46. The molecule has 1 fully saturated rings. The van der Waals surface area contributed by atoms with Gasteiger partial charge in [0.2, 0.25) is 0 Å². The van der Waals surface area contributed by atoms with Crippen molar-refractivity contribution in [2.45, 2.75) is 39.5 Å². The Kier molecular flexibility index (Phi) is 3.97. The van der Waals surface area contributed by atoms with Crippen LogP contribution in [0.1, 0.15) is 36.5 Å². The first-order valence-electron chi connectivity index (χ1n) is 7.95. The molecule has 2 aliphatic rings. The van der Waals surface area contributed by atoms with Crippen LogP contribution in [0.5, 0.6) is 0 Å². The van der Waals surface area contributed by atoms with Crippen molar-refractivity contribution in [1.29, 1.82) is 0 Å². The molecule has 1 aromatic rings. The molecule has 1 heterocycles. The molecule has 3 nitrogen and oxygen atoms in total. The highest BCUT2D eigenvalue weighted by atomic mass is 16.5. The van der Waals surface area contributed by atoms with Gasteiger partial charge in [-0.15, -0.1) is 0 Å². The number of hydrogen-bond donors (Lipinski definition) is 1. The Labute approximate surface area is 122 Å². The van der Waals surface area contributed by atoms with Crippen LogP contribution in [0.2, 0.25) is 0 Å². The predicted molar refractivity (Wildman–Crippen MR) is 79.4 cm³/mol. The Balaban J connectivity index is 1.36. The molecule has 0 saturated heterocycles. The summed E-state index contributed by atoms with van der Waals surface area (Å²) in [6, 6.07) is 0. The normalized spacial score (nSPS) is 27.6. The molecule has 3 rings (SSSR count). The lowest BCUT2D eigenvalue weighted by atomic mass is 9.95. The standard InChI is InChI=1S/C17H26N2O/c1-12-13(2)19(3)17(18-12)5-4-8-20-11-16-10-14-6-7-15(16)9-14/h6-7,14-16H,4-5,8-11H2,1-3H3/p+1. The van der Waals surface area contributed by atoms with Crippen molar-refractivity contribution < 1.29 is 9.30 Å². The quantitative estimate of drug-likeness (QED) is 0.482. The van der Waals surface area contributed by atoms with Crippen LogP contribution < -0.4 is 4.57 Å². The van der Waals surface area contributed by atoms with Crippen LogP contribution in [0.25, 0.3) is 0 Å². The number of hydrogen-bond acceptors (Lipinski definition) is 1. The van der Waals surface area contributed by atoms with Gasteiger partial charge in [0.25, 0.3) is 5.82 Å². The number of rotatable bonds is 6. The monoisotopic (exact) mass is 275 g/mol. The highest BCUT2D eigenvalue weighted by Gasteiger charge is 2.35. The number of aromatic nitrogens is 2. The third-order valence-electron chi connectivity index (χ3n) is 5.23. The summed E-state index contributed by atoms with van der Waals surface area (Å²) in [5.74, 6) is 3.77. The third kappa shape index (κ3) is 2.69. The lowest BCUT2D eigenvalue weighted by molar-refractivity contribution is -0.683. The van der Waals surface area contributed by atoms with Gasteiger partial charge in [0, 0.05) is 27.1 Å². The van der Waals surface area contributed by atoms with Crippen molar-refractivity contribution in [2.24, 2.45) is 24.8 Å². The molecule has 110 valence electrons. The molecule has 0 amide bonds. The Morgan fingerprint density at radius 3 is 2.75 bits per heavy atom. The van der Waals surface area contributed by atoms with Crippen molar-refractivity contribution in [3.8, 4) is 0 Å². The molecule has 3 heteroatoms. The Bertz CT molecular complexity index is 503. The smallest absolute Gasteiger partial charge is 0.254 e. The zero-order chi connectivity index (χ0) is 14.1. The van der Waals surface area contributed by atoms with E-state index in [1.54, 1.807) is 0 Å². The van der Waals surface area contributed by atoms with Gasteiger partial charge in [0.15, 0.2) is 0 Å². The molecule has 1 saturated carbocycles. The van der Waals surface area contributed by atoms with E-state index in [2.05, 4.69) is 42.6 Å². The van der Waals surface area contributed by atoms with Crippen LogP contribution in [-0.4, -0.2) is 18.2 Å². The molecule has 0 aliphatic heterocycles. The average Bonchev–Trinajstić information content (AvgIpc) is 3.11. The van der Waals surface area contributed by atoms with Crippen molar-refractivity contribution in [2.75, 3.05) is 13.2 Å². The van der Waals surface area contributed by atoms with Gasteiger partial charge < -0.3 is 4.74 Å². The second-order valence-electron chi connectivity index (χ2n) is 6.56. The number of H-pyrrole nitrogens is 1. The van der Waals surface area contributed by atoms with Crippen LogP contribution >= 0.6 is 0 Å². The largest absolute Gasteiger partial charge is 0.381 e. The number of imidazole rings is 1. The summed E-state index contributed by atoms with van der Waals surface area (Å²) in [6.07, 6.45) is 9.71. The van der Waals surface area contributed by atoms with Gasteiger partial charge in [-0.3, -0.25) is 0 Å². The predicted octanol–water partition coefficient (Wildman–Crippen LogP) is 2.62. The lowest BCUT2D eigenvalue weighted by Gasteiger charge is -2.17. The Morgan fingerprint density at radius 2 is 2.15 bits per heavy atom. The lowest BCUT2D eigenvalue weighted by Crippen LogP contribution is -2.34. The van der Waals surface area contributed by atoms with Crippen LogP contribution in [0.3, 0.4) is 0 Å². The summed E-state index contributed by atoms with van der Waals surface area (Å²) < 4.78 is 8.17. The van der Waals surface area contributed by atoms with Gasteiger partial charge in [0.05, 0.1) is 13.5 Å². The van der Waals surface area contributed by atoms with Crippen LogP contribution in [-0.2, 0) is 18.2 Å². The molecular formula is C17H27N2O+. The molecule has 2 bridgehead atoms. The minimum atomic E-state index is 0.788. The SMILES string of the molecule is Cc1[nH]c(CCCOCC2CC3C=CC2C3)[n+](C)c1C. The van der Waals surface area contributed by atoms with E-state index in [-0.39, 0.29) is 0 Å². The number of aromatic amines is 1. The van der Waals surface area contributed by atoms with Crippen molar-refractivity contribution in [3.05, 3.63) is 29.4 Å². The van der Waals surface area contributed by atoms with E-state index in [1.165, 1.54) is 30.1 Å². The zero-order valence-corrected chi connectivity index (χ0v) is 13.0. The van der Waals surface area contributed by atoms with E-state index in [4.69, 9.17) is 4.74 Å². The second kappa shape index (κ2) is 5.72. The summed E-state index contributed by atoms with van der Waals surface area (Å²) >= 11 is 0. The number of allylic oxidation sites excluding steroid dienone is 2. The van der Waals surface area contributed by atoms with E-state index in [1.807, 2.05) is 0 Å². The number of ether oxygens (including phenoxy) is 1. The summed E-state index contributed by atoms with van der Waals surface area (Å²) in [6.45, 7) is 6.14. The van der Waals surface area contributed by atoms with Gasteiger partial charge in [-0.2, -0.15) is 0 Å². The van der Waals surface area contributed by atoms with Crippen molar-refractivity contribution >= 4 is 0 Å². The molecule has 1 N–H and O–H groups in total. The molecule has 3 unspecified atom stereocenters. The molecule has 20 heavy (non-hydrogen) atoms. The minimum Gasteiger partial charge on any atom is -0.381 e. The third-order valence-corrected chi connectivity index (χ3v) is 5.23. The number of aryl methyl sites for hydroxylation is 2. The first-order valence-corrected chi connectivity index (χ1v) is 7.95. The fourth-order valence-corrected chi connectivity index (χ4v) is 3.74. The zero-order valence-electron chi connectivity index (χ0n) is 13.0. The molecular weight excluding hydrogens is 248 g/mol. The first kappa shape index (κ1) is 13.9. The molecule has 2 aliphatic carbocycles. The van der Waals surface area contributed by atoms with Gasteiger partial charge in [-0.1, -0.05) is 12.2 Å². The number of fused-ring (bicyclic) bond motifs is 2. The van der Waals surface area contributed by atoms with E-state index >= 15 is 0 Å². The molecule has 0 radical (unpaired) electrons. The van der Waals surface area contributed by atoms with Gasteiger partial charge in [-0.05, 0) is 37.0 Å².